The molecule has 3 rings (SSSR count). The minimum absolute atomic E-state index is 0.0183. The molecule has 12 heteroatoms. The van der Waals surface area contributed by atoms with Gasteiger partial charge in [-0.25, -0.2) is 13.6 Å². The monoisotopic (exact) mass is 591 g/mol. The van der Waals surface area contributed by atoms with Crippen LogP contribution in [0.2, 0.25) is 0 Å². The molecule has 1 N–H and O–H groups in total. The fourth-order valence-corrected chi connectivity index (χ4v) is 4.57. The van der Waals surface area contributed by atoms with Crippen LogP contribution in [0, 0.1) is 11.6 Å². The van der Waals surface area contributed by atoms with E-state index in [2.05, 4.69) is 21.2 Å². The number of rotatable bonds is 3. The maximum Gasteiger partial charge on any atom is 0.417 e. The second kappa shape index (κ2) is 10.5. The molecule has 2 aromatic rings. The topological polar surface area (TPSA) is 61.9 Å². The number of hydrogen-bond donors (Lipinski definition) is 1. The highest BCUT2D eigenvalue weighted by Gasteiger charge is 2.38. The Kier molecular flexibility index (Phi) is 8.11. The van der Waals surface area contributed by atoms with E-state index < -0.39 is 46.5 Å². The zero-order valence-electron chi connectivity index (χ0n) is 20.8. The van der Waals surface area contributed by atoms with Crippen molar-refractivity contribution < 1.29 is 36.3 Å². The number of carbonyl (C=O) groups is 2. The number of halogens is 6. The standard InChI is InChI=1S/C25H27BrF5N3O3/c1-13-11-33(12-14(2)34(13)23(36)37-24(3,4)5)21-10-19(28)18(26)9-20(21)32-22(35)16-7-6-15(27)8-17(16)25(29,30)31/h6-10,13-14H,11-12H2,1-5H3,(H,32,35)/t13-,14+. The van der Waals surface area contributed by atoms with Crippen LogP contribution >= 0.6 is 15.9 Å². The number of benzene rings is 2. The molecule has 2 aromatic carbocycles. The van der Waals surface area contributed by atoms with E-state index in [9.17, 15) is 31.5 Å². The molecule has 37 heavy (non-hydrogen) atoms. The molecule has 0 unspecified atom stereocenters. The molecule has 0 bridgehead atoms. The number of nitrogens with one attached hydrogen (secondary N) is 1. The van der Waals surface area contributed by atoms with E-state index in [-0.39, 0.29) is 47.1 Å². The molecule has 2 amide bonds. The van der Waals surface area contributed by atoms with E-state index in [0.717, 1.165) is 18.2 Å². The van der Waals surface area contributed by atoms with Crippen LogP contribution in [0.3, 0.4) is 0 Å². The molecule has 0 saturated carbocycles. The smallest absolute Gasteiger partial charge is 0.417 e. The minimum atomic E-state index is -4.97. The van der Waals surface area contributed by atoms with E-state index in [4.69, 9.17) is 4.74 Å². The van der Waals surface area contributed by atoms with Crippen LogP contribution in [-0.2, 0) is 10.9 Å². The Morgan fingerprint density at radius 1 is 1.03 bits per heavy atom. The molecule has 202 valence electrons. The Morgan fingerprint density at radius 2 is 1.62 bits per heavy atom. The van der Waals surface area contributed by atoms with Crippen LogP contribution in [0.4, 0.5) is 38.1 Å². The summed E-state index contributed by atoms with van der Waals surface area (Å²) in [5.74, 6) is -2.93. The third-order valence-electron chi connectivity index (χ3n) is 5.68. The van der Waals surface area contributed by atoms with Gasteiger partial charge in [0.05, 0.1) is 39.1 Å². The number of amides is 2. The summed E-state index contributed by atoms with van der Waals surface area (Å²) >= 11 is 3.04. The van der Waals surface area contributed by atoms with Gasteiger partial charge in [-0.3, -0.25) is 9.69 Å². The van der Waals surface area contributed by atoms with Crippen LogP contribution in [0.15, 0.2) is 34.8 Å². The van der Waals surface area contributed by atoms with Crippen molar-refractivity contribution in [3.63, 3.8) is 0 Å². The molecule has 0 radical (unpaired) electrons. The molecule has 6 nitrogen and oxygen atoms in total. The van der Waals surface area contributed by atoms with Gasteiger partial charge in [0.25, 0.3) is 5.91 Å². The molecular weight excluding hydrogens is 565 g/mol. The quantitative estimate of drug-likeness (QED) is 0.397. The molecular formula is C25H27BrF5N3O3. The molecule has 1 aliphatic heterocycles. The number of piperazine rings is 1. The Morgan fingerprint density at radius 3 is 2.16 bits per heavy atom. The van der Waals surface area contributed by atoms with Gasteiger partial charge in [-0.2, -0.15) is 13.2 Å². The third-order valence-corrected chi connectivity index (χ3v) is 6.29. The van der Waals surface area contributed by atoms with Gasteiger partial charge in [-0.1, -0.05) is 0 Å². The van der Waals surface area contributed by atoms with Gasteiger partial charge < -0.3 is 15.0 Å². The number of alkyl halides is 3. The maximum atomic E-state index is 14.6. The zero-order valence-corrected chi connectivity index (χ0v) is 22.4. The van der Waals surface area contributed by atoms with Crippen molar-refractivity contribution in [2.45, 2.75) is 58.5 Å². The molecule has 0 aliphatic carbocycles. The summed E-state index contributed by atoms with van der Waals surface area (Å²) in [7, 11) is 0. The van der Waals surface area contributed by atoms with Crippen molar-refractivity contribution in [1.82, 2.24) is 4.90 Å². The van der Waals surface area contributed by atoms with Crippen molar-refractivity contribution in [3.8, 4) is 0 Å². The number of anilines is 2. The molecule has 2 atom stereocenters. The van der Waals surface area contributed by atoms with Crippen molar-refractivity contribution in [3.05, 3.63) is 57.6 Å². The Labute approximate surface area is 219 Å². The Hall–Kier alpha value is -2.89. The predicted octanol–water partition coefficient (Wildman–Crippen LogP) is 6.83. The first-order chi connectivity index (χ1) is 17.0. The molecule has 0 aromatic heterocycles. The van der Waals surface area contributed by atoms with Crippen molar-refractivity contribution in [2.24, 2.45) is 0 Å². The normalized spacial score (nSPS) is 18.6. The number of carbonyl (C=O) groups excluding carboxylic acids is 2. The Bertz CT molecular complexity index is 1190. The van der Waals surface area contributed by atoms with Gasteiger partial charge in [-0.15, -0.1) is 0 Å². The molecule has 0 spiro atoms. The first-order valence-electron chi connectivity index (χ1n) is 11.4. The zero-order chi connectivity index (χ0) is 27.9. The lowest BCUT2D eigenvalue weighted by atomic mass is 10.0. The highest BCUT2D eigenvalue weighted by Crippen LogP contribution is 2.36. The SMILES string of the molecule is C[C@@H]1CN(c2cc(F)c(Br)cc2NC(=O)c2ccc(F)cc2C(F)(F)F)C[C@H](C)N1C(=O)OC(C)(C)C. The summed E-state index contributed by atoms with van der Waals surface area (Å²) in [5.41, 5.74) is -2.65. The van der Waals surface area contributed by atoms with E-state index in [1.54, 1.807) is 44.4 Å². The van der Waals surface area contributed by atoms with Crippen LogP contribution in [0.5, 0.6) is 0 Å². The first-order valence-corrected chi connectivity index (χ1v) is 12.2. The summed E-state index contributed by atoms with van der Waals surface area (Å²) in [5, 5.41) is 2.41. The molecule has 1 saturated heterocycles. The van der Waals surface area contributed by atoms with E-state index >= 15 is 0 Å². The molecule has 1 heterocycles. The number of ether oxygens (including phenoxy) is 1. The van der Waals surface area contributed by atoms with Gasteiger partial charge in [0, 0.05) is 19.2 Å². The van der Waals surface area contributed by atoms with E-state index in [1.165, 1.54) is 6.07 Å². The lowest BCUT2D eigenvalue weighted by Crippen LogP contribution is -2.59. The highest BCUT2D eigenvalue weighted by molar-refractivity contribution is 9.10. The fraction of sp³-hybridized carbons (Fsp3) is 0.440. The van der Waals surface area contributed by atoms with Gasteiger partial charge in [-0.05, 0) is 74.8 Å². The number of hydrogen-bond acceptors (Lipinski definition) is 4. The average molecular weight is 592 g/mol. The summed E-state index contributed by atoms with van der Waals surface area (Å²) in [6.07, 6.45) is -5.47. The average Bonchev–Trinajstić information content (AvgIpc) is 2.73. The van der Waals surface area contributed by atoms with Gasteiger partial charge >= 0.3 is 12.3 Å². The summed E-state index contributed by atoms with van der Waals surface area (Å²) < 4.78 is 73.9. The summed E-state index contributed by atoms with van der Waals surface area (Å²) in [6, 6.07) is 3.40. The lowest BCUT2D eigenvalue weighted by Gasteiger charge is -2.45. The van der Waals surface area contributed by atoms with Gasteiger partial charge in [0.15, 0.2) is 0 Å². The van der Waals surface area contributed by atoms with E-state index in [0.29, 0.717) is 0 Å². The van der Waals surface area contributed by atoms with E-state index in [1.807, 2.05) is 0 Å². The first kappa shape index (κ1) is 28.7. The number of nitrogens with zero attached hydrogens (tertiary/aromatic N) is 2. The Balaban J connectivity index is 1.93. The van der Waals surface area contributed by atoms with Crippen LogP contribution in [-0.4, -0.2) is 47.7 Å². The van der Waals surface area contributed by atoms with Crippen LogP contribution < -0.4 is 10.2 Å². The summed E-state index contributed by atoms with van der Waals surface area (Å²) in [4.78, 5) is 28.9. The largest absolute Gasteiger partial charge is 0.444 e. The van der Waals surface area contributed by atoms with Gasteiger partial charge in [0.1, 0.15) is 17.2 Å². The van der Waals surface area contributed by atoms with Crippen molar-refractivity contribution in [2.75, 3.05) is 23.3 Å². The van der Waals surface area contributed by atoms with Crippen molar-refractivity contribution in [1.29, 1.82) is 0 Å². The van der Waals surface area contributed by atoms with Gasteiger partial charge in [0.2, 0.25) is 0 Å². The molecule has 1 aliphatic rings. The summed E-state index contributed by atoms with van der Waals surface area (Å²) in [6.45, 7) is 9.29. The lowest BCUT2D eigenvalue weighted by molar-refractivity contribution is -0.138. The van der Waals surface area contributed by atoms with Crippen molar-refractivity contribution >= 4 is 39.3 Å². The highest BCUT2D eigenvalue weighted by atomic mass is 79.9. The predicted molar refractivity (Wildman–Crippen MR) is 133 cm³/mol. The van der Waals surface area contributed by atoms with Crippen LogP contribution in [0.25, 0.3) is 0 Å². The maximum absolute atomic E-state index is 14.6. The second-order valence-electron chi connectivity index (χ2n) is 9.92. The fourth-order valence-electron chi connectivity index (χ4n) is 4.23. The minimum Gasteiger partial charge on any atom is -0.444 e. The molecule has 1 fully saturated rings. The second-order valence-corrected chi connectivity index (χ2v) is 10.8. The van der Waals surface area contributed by atoms with Crippen LogP contribution in [0.1, 0.15) is 50.5 Å². The third kappa shape index (κ3) is 6.71.